The minimum Gasteiger partial charge on any atom is -0.484 e. The van der Waals surface area contributed by atoms with Gasteiger partial charge in [0.25, 0.3) is 5.91 Å². The van der Waals surface area contributed by atoms with Gasteiger partial charge in [-0.2, -0.15) is 0 Å². The number of benzene rings is 3. The molecule has 0 saturated heterocycles. The molecule has 0 radical (unpaired) electrons. The lowest BCUT2D eigenvalue weighted by Crippen LogP contribution is -2.51. The topological polar surface area (TPSA) is 58.6 Å². The fourth-order valence-corrected chi connectivity index (χ4v) is 4.13. The van der Waals surface area contributed by atoms with Crippen LogP contribution in [0, 0.1) is 6.92 Å². The van der Waals surface area contributed by atoms with Crippen LogP contribution in [-0.2, 0) is 22.6 Å². The molecule has 5 nitrogen and oxygen atoms in total. The lowest BCUT2D eigenvalue weighted by molar-refractivity contribution is -0.142. The fraction of sp³-hybridized carbons (Fsp3) is 0.286. The SMILES string of the molecule is CCCNC(=O)[C@H](Cc1ccccc1)N(Cc1cccc(Br)c1)C(=O)COc1cccc(C)c1. The van der Waals surface area contributed by atoms with Gasteiger partial charge in [0.1, 0.15) is 11.8 Å². The maximum absolute atomic E-state index is 13.5. The van der Waals surface area contributed by atoms with Gasteiger partial charge >= 0.3 is 0 Å². The van der Waals surface area contributed by atoms with Crippen LogP contribution in [0.2, 0.25) is 0 Å². The number of carbonyl (C=O) groups excluding carboxylic acids is 2. The molecule has 0 heterocycles. The second kappa shape index (κ2) is 12.9. The molecule has 0 spiro atoms. The van der Waals surface area contributed by atoms with Gasteiger partial charge in [-0.3, -0.25) is 9.59 Å². The van der Waals surface area contributed by atoms with Crippen molar-refractivity contribution >= 4 is 27.7 Å². The zero-order chi connectivity index (χ0) is 24.3. The van der Waals surface area contributed by atoms with E-state index < -0.39 is 6.04 Å². The maximum atomic E-state index is 13.5. The first-order chi connectivity index (χ1) is 16.5. The van der Waals surface area contributed by atoms with Crippen LogP contribution in [0.15, 0.2) is 83.3 Å². The number of hydrogen-bond acceptors (Lipinski definition) is 3. The zero-order valence-electron chi connectivity index (χ0n) is 19.7. The van der Waals surface area contributed by atoms with Gasteiger partial charge in [-0.25, -0.2) is 0 Å². The second-order valence-electron chi connectivity index (χ2n) is 8.25. The highest BCUT2D eigenvalue weighted by atomic mass is 79.9. The number of amides is 2. The number of rotatable bonds is 11. The van der Waals surface area contributed by atoms with E-state index in [1.54, 1.807) is 4.90 Å². The summed E-state index contributed by atoms with van der Waals surface area (Å²) in [5.74, 6) is 0.226. The number of hydrogen-bond donors (Lipinski definition) is 1. The third-order valence-corrected chi connectivity index (χ3v) is 5.91. The average Bonchev–Trinajstić information content (AvgIpc) is 2.84. The molecule has 0 unspecified atom stereocenters. The summed E-state index contributed by atoms with van der Waals surface area (Å²) < 4.78 is 6.74. The van der Waals surface area contributed by atoms with Crippen LogP contribution in [0.4, 0.5) is 0 Å². The minimum absolute atomic E-state index is 0.149. The highest BCUT2D eigenvalue weighted by Gasteiger charge is 2.30. The van der Waals surface area contributed by atoms with E-state index in [9.17, 15) is 9.59 Å². The molecule has 1 atom stereocenters. The zero-order valence-corrected chi connectivity index (χ0v) is 21.3. The van der Waals surface area contributed by atoms with Gasteiger partial charge in [0, 0.05) is 24.0 Å². The van der Waals surface area contributed by atoms with E-state index in [-0.39, 0.29) is 18.4 Å². The van der Waals surface area contributed by atoms with E-state index in [2.05, 4.69) is 21.2 Å². The van der Waals surface area contributed by atoms with Crippen molar-refractivity contribution < 1.29 is 14.3 Å². The van der Waals surface area contributed by atoms with E-state index in [4.69, 9.17) is 4.74 Å². The van der Waals surface area contributed by atoms with Crippen LogP contribution >= 0.6 is 15.9 Å². The molecular weight excluding hydrogens is 492 g/mol. The van der Waals surface area contributed by atoms with Crippen molar-refractivity contribution in [1.29, 1.82) is 0 Å². The van der Waals surface area contributed by atoms with Gasteiger partial charge in [-0.1, -0.05) is 77.5 Å². The number of nitrogens with one attached hydrogen (secondary N) is 1. The van der Waals surface area contributed by atoms with Crippen LogP contribution in [0.3, 0.4) is 0 Å². The maximum Gasteiger partial charge on any atom is 0.261 e. The summed E-state index contributed by atoms with van der Waals surface area (Å²) in [6.07, 6.45) is 1.24. The molecule has 178 valence electrons. The Bertz CT molecular complexity index is 1090. The molecule has 2 amide bonds. The van der Waals surface area contributed by atoms with E-state index in [0.717, 1.165) is 27.6 Å². The standard InChI is InChI=1S/C28H31BrN2O3/c1-3-15-30-28(33)26(18-22-10-5-4-6-11-22)31(19-23-12-8-13-24(29)17-23)27(32)20-34-25-14-7-9-21(2)16-25/h4-14,16-17,26H,3,15,18-20H2,1-2H3,(H,30,33)/t26-/m0/s1. The number of ether oxygens (including phenoxy) is 1. The summed E-state index contributed by atoms with van der Waals surface area (Å²) in [6, 6.07) is 24.5. The molecule has 0 fully saturated rings. The molecule has 0 aliphatic heterocycles. The van der Waals surface area contributed by atoms with Crippen LogP contribution in [0.25, 0.3) is 0 Å². The van der Waals surface area contributed by atoms with Crippen molar-refractivity contribution in [3.8, 4) is 5.75 Å². The van der Waals surface area contributed by atoms with E-state index in [1.807, 2.05) is 92.7 Å². The van der Waals surface area contributed by atoms with E-state index in [1.165, 1.54) is 0 Å². The first-order valence-electron chi connectivity index (χ1n) is 11.5. The highest BCUT2D eigenvalue weighted by Crippen LogP contribution is 2.19. The Hall–Kier alpha value is -3.12. The molecule has 3 aromatic rings. The quantitative estimate of drug-likeness (QED) is 0.371. The van der Waals surface area contributed by atoms with Crippen LogP contribution < -0.4 is 10.1 Å². The van der Waals surface area contributed by atoms with E-state index in [0.29, 0.717) is 25.3 Å². The van der Waals surface area contributed by atoms with Gasteiger partial charge in [0.15, 0.2) is 6.61 Å². The van der Waals surface area contributed by atoms with Gasteiger partial charge in [0.05, 0.1) is 0 Å². The van der Waals surface area contributed by atoms with Crippen LogP contribution in [0.1, 0.15) is 30.0 Å². The highest BCUT2D eigenvalue weighted by molar-refractivity contribution is 9.10. The summed E-state index contributed by atoms with van der Waals surface area (Å²) in [7, 11) is 0. The van der Waals surface area contributed by atoms with Crippen molar-refractivity contribution in [3.63, 3.8) is 0 Å². The Morgan fingerprint density at radius 3 is 2.41 bits per heavy atom. The summed E-state index contributed by atoms with van der Waals surface area (Å²) in [5.41, 5.74) is 2.97. The number of halogens is 1. The van der Waals surface area contributed by atoms with Crippen molar-refractivity contribution in [2.45, 2.75) is 39.3 Å². The first-order valence-corrected chi connectivity index (χ1v) is 12.3. The molecule has 0 saturated carbocycles. The first kappa shape index (κ1) is 25.5. The number of carbonyl (C=O) groups is 2. The van der Waals surface area contributed by atoms with Gasteiger partial charge in [0.2, 0.25) is 5.91 Å². The molecule has 6 heteroatoms. The monoisotopic (exact) mass is 522 g/mol. The Morgan fingerprint density at radius 1 is 0.971 bits per heavy atom. The van der Waals surface area contributed by atoms with Gasteiger partial charge < -0.3 is 15.0 Å². The summed E-state index contributed by atoms with van der Waals surface area (Å²) in [5, 5.41) is 2.98. The third-order valence-electron chi connectivity index (χ3n) is 5.41. The van der Waals surface area contributed by atoms with Crippen molar-refractivity contribution in [2.24, 2.45) is 0 Å². The number of nitrogens with zero attached hydrogens (tertiary/aromatic N) is 1. The molecule has 3 rings (SSSR count). The average molecular weight is 523 g/mol. The molecular formula is C28H31BrN2O3. The van der Waals surface area contributed by atoms with E-state index >= 15 is 0 Å². The lowest BCUT2D eigenvalue weighted by Gasteiger charge is -2.31. The smallest absolute Gasteiger partial charge is 0.261 e. The Kier molecular flexibility index (Phi) is 9.71. The molecule has 0 bridgehead atoms. The second-order valence-corrected chi connectivity index (χ2v) is 9.17. The molecule has 34 heavy (non-hydrogen) atoms. The largest absolute Gasteiger partial charge is 0.484 e. The Balaban J connectivity index is 1.89. The Labute approximate surface area is 210 Å². The van der Waals surface area contributed by atoms with Crippen molar-refractivity contribution in [1.82, 2.24) is 10.2 Å². The Morgan fingerprint density at radius 2 is 1.71 bits per heavy atom. The van der Waals surface area contributed by atoms with Crippen LogP contribution in [0.5, 0.6) is 5.75 Å². The third kappa shape index (κ3) is 7.73. The van der Waals surface area contributed by atoms with Gasteiger partial charge in [-0.15, -0.1) is 0 Å². The molecule has 0 aromatic heterocycles. The van der Waals surface area contributed by atoms with Crippen molar-refractivity contribution in [2.75, 3.05) is 13.2 Å². The predicted octanol–water partition coefficient (Wildman–Crippen LogP) is 5.30. The van der Waals surface area contributed by atoms with Crippen LogP contribution in [-0.4, -0.2) is 35.9 Å². The fourth-order valence-electron chi connectivity index (χ4n) is 3.69. The summed E-state index contributed by atoms with van der Waals surface area (Å²) >= 11 is 3.50. The lowest BCUT2D eigenvalue weighted by atomic mass is 10.0. The van der Waals surface area contributed by atoms with Crippen molar-refractivity contribution in [3.05, 3.63) is 100 Å². The molecule has 0 aliphatic carbocycles. The normalized spacial score (nSPS) is 11.5. The number of aryl methyl sites for hydroxylation is 1. The summed E-state index contributed by atoms with van der Waals surface area (Å²) in [4.78, 5) is 28.4. The summed E-state index contributed by atoms with van der Waals surface area (Å²) in [6.45, 7) is 4.69. The molecule has 1 N–H and O–H groups in total. The molecule has 0 aliphatic rings. The molecule has 3 aromatic carbocycles. The minimum atomic E-state index is -0.665. The predicted molar refractivity (Wildman–Crippen MR) is 139 cm³/mol. The van der Waals surface area contributed by atoms with Gasteiger partial charge in [-0.05, 0) is 54.3 Å².